The molecule has 1 aliphatic carbocycles. The van der Waals surface area contributed by atoms with Crippen molar-refractivity contribution in [2.45, 2.75) is 49.3 Å². The van der Waals surface area contributed by atoms with Crippen LogP contribution in [0.3, 0.4) is 0 Å². The van der Waals surface area contributed by atoms with Crippen molar-refractivity contribution in [3.63, 3.8) is 0 Å². The average Bonchev–Trinajstić information content (AvgIpc) is 3.08. The molecule has 3 rings (SSSR count). The summed E-state index contributed by atoms with van der Waals surface area (Å²) in [5.41, 5.74) is 0.440. The van der Waals surface area contributed by atoms with Gasteiger partial charge in [-0.25, -0.2) is 8.42 Å². The van der Waals surface area contributed by atoms with Crippen LogP contribution in [0.15, 0.2) is 16.3 Å². The Bertz CT molecular complexity index is 566. The number of hydrogen-bond donors (Lipinski definition) is 0. The number of hydrogen-bond acceptors (Lipinski definition) is 3. The maximum atomic E-state index is 12.7. The van der Waals surface area contributed by atoms with Gasteiger partial charge in [-0.05, 0) is 42.5 Å². The smallest absolute Gasteiger partial charge is 0.207 e. The van der Waals surface area contributed by atoms with E-state index >= 15 is 0 Å². The van der Waals surface area contributed by atoms with E-state index in [2.05, 4.69) is 0 Å². The van der Waals surface area contributed by atoms with Gasteiger partial charge in [0.2, 0.25) is 10.0 Å². The van der Waals surface area contributed by atoms with Gasteiger partial charge in [0.25, 0.3) is 0 Å². The first-order valence-electron chi connectivity index (χ1n) is 7.20. The molecule has 2 heterocycles. The molecule has 0 N–H and O–H groups in total. The fourth-order valence-electron chi connectivity index (χ4n) is 3.62. The molecule has 0 radical (unpaired) electrons. The minimum atomic E-state index is -3.35. The molecule has 0 bridgehead atoms. The molecule has 1 aromatic heterocycles. The number of sulfonamides is 1. The zero-order chi connectivity index (χ0) is 14.2. The van der Waals surface area contributed by atoms with Crippen LogP contribution in [-0.2, 0) is 15.9 Å². The number of thiophene rings is 1. The Balaban J connectivity index is 1.77. The van der Waals surface area contributed by atoms with Crippen LogP contribution in [0.2, 0.25) is 0 Å². The number of alkyl halides is 1. The van der Waals surface area contributed by atoms with Crippen molar-refractivity contribution in [3.05, 3.63) is 16.3 Å². The molecule has 1 saturated carbocycles. The second-order valence-electron chi connectivity index (χ2n) is 5.95. The lowest BCUT2D eigenvalue weighted by Gasteiger charge is -2.38. The lowest BCUT2D eigenvalue weighted by Crippen LogP contribution is -2.42. The molecule has 0 atom stereocenters. The molecule has 1 aromatic rings. The Kier molecular flexibility index (Phi) is 4.15. The van der Waals surface area contributed by atoms with Gasteiger partial charge in [-0.2, -0.15) is 4.31 Å². The van der Waals surface area contributed by atoms with E-state index in [9.17, 15) is 8.42 Å². The van der Waals surface area contributed by atoms with Crippen molar-refractivity contribution in [1.82, 2.24) is 4.31 Å². The van der Waals surface area contributed by atoms with Crippen LogP contribution in [0.5, 0.6) is 0 Å². The van der Waals surface area contributed by atoms with Crippen LogP contribution in [0, 0.1) is 5.41 Å². The molecule has 0 unspecified atom stereocenters. The van der Waals surface area contributed by atoms with E-state index in [0.29, 0.717) is 23.4 Å². The van der Waals surface area contributed by atoms with Gasteiger partial charge in [0.1, 0.15) is 0 Å². The highest BCUT2D eigenvalue weighted by molar-refractivity contribution is 7.89. The Morgan fingerprint density at radius 3 is 2.45 bits per heavy atom. The second-order valence-corrected chi connectivity index (χ2v) is 9.13. The third-order valence-electron chi connectivity index (χ3n) is 4.89. The standard InChI is InChI=1S/C14H20ClNO2S2/c15-11-12-13(3-10-19-12)20(17,18)16-8-6-14(7-9-16)4-1-2-5-14/h3,10H,1-2,4-9,11H2. The first kappa shape index (κ1) is 14.8. The van der Waals surface area contributed by atoms with Crippen LogP contribution in [0.1, 0.15) is 43.4 Å². The zero-order valence-electron chi connectivity index (χ0n) is 11.5. The van der Waals surface area contributed by atoms with Crippen molar-refractivity contribution in [1.29, 1.82) is 0 Å². The topological polar surface area (TPSA) is 37.4 Å². The molecule has 20 heavy (non-hydrogen) atoms. The number of halogens is 1. The lowest BCUT2D eigenvalue weighted by molar-refractivity contribution is 0.160. The van der Waals surface area contributed by atoms with E-state index in [1.807, 2.05) is 5.38 Å². The highest BCUT2D eigenvalue weighted by Crippen LogP contribution is 2.46. The summed E-state index contributed by atoms with van der Waals surface area (Å²) >= 11 is 7.27. The quantitative estimate of drug-likeness (QED) is 0.788. The Morgan fingerprint density at radius 2 is 1.85 bits per heavy atom. The maximum absolute atomic E-state index is 12.7. The fourth-order valence-corrected chi connectivity index (χ4v) is 6.74. The van der Waals surface area contributed by atoms with Gasteiger partial charge < -0.3 is 0 Å². The van der Waals surface area contributed by atoms with Gasteiger partial charge in [-0.15, -0.1) is 22.9 Å². The van der Waals surface area contributed by atoms with Crippen molar-refractivity contribution >= 4 is 33.0 Å². The summed E-state index contributed by atoms with van der Waals surface area (Å²) in [6.07, 6.45) is 7.24. The minimum absolute atomic E-state index is 0.268. The van der Waals surface area contributed by atoms with Crippen LogP contribution in [0.4, 0.5) is 0 Å². The molecule has 3 nitrogen and oxygen atoms in total. The van der Waals surface area contributed by atoms with Crippen molar-refractivity contribution in [2.75, 3.05) is 13.1 Å². The molecule has 6 heteroatoms. The molecule has 1 spiro atoms. The summed E-state index contributed by atoms with van der Waals surface area (Å²) in [5.74, 6) is 0.268. The van der Waals surface area contributed by atoms with Crippen LogP contribution >= 0.6 is 22.9 Å². The fraction of sp³-hybridized carbons (Fsp3) is 0.714. The van der Waals surface area contributed by atoms with Gasteiger partial charge >= 0.3 is 0 Å². The third kappa shape index (κ3) is 2.54. The SMILES string of the molecule is O=S(=O)(c1ccsc1CCl)N1CCC2(CCCC2)CC1. The Hall–Kier alpha value is -0.100. The monoisotopic (exact) mass is 333 g/mol. The van der Waals surface area contributed by atoms with Gasteiger partial charge in [0, 0.05) is 18.0 Å². The van der Waals surface area contributed by atoms with Crippen LogP contribution < -0.4 is 0 Å². The Morgan fingerprint density at radius 1 is 1.20 bits per heavy atom. The molecule has 112 valence electrons. The molecule has 1 aliphatic heterocycles. The summed E-state index contributed by atoms with van der Waals surface area (Å²) in [7, 11) is -3.35. The number of nitrogens with zero attached hydrogens (tertiary/aromatic N) is 1. The first-order chi connectivity index (χ1) is 9.57. The molecule has 0 aromatic carbocycles. The normalized spacial score (nSPS) is 23.4. The molecule has 0 amide bonds. The largest absolute Gasteiger partial charge is 0.244 e. The van der Waals surface area contributed by atoms with E-state index in [1.54, 1.807) is 10.4 Å². The molecule has 1 saturated heterocycles. The summed E-state index contributed by atoms with van der Waals surface area (Å²) in [6.45, 7) is 1.33. The molecular formula is C14H20ClNO2S2. The van der Waals surface area contributed by atoms with Gasteiger partial charge in [0.05, 0.1) is 10.8 Å². The molecule has 2 fully saturated rings. The summed E-state index contributed by atoms with van der Waals surface area (Å²) in [5, 5.41) is 1.81. The number of piperidine rings is 1. The van der Waals surface area contributed by atoms with E-state index in [-0.39, 0.29) is 5.88 Å². The molecular weight excluding hydrogens is 314 g/mol. The van der Waals surface area contributed by atoms with Crippen molar-refractivity contribution in [3.8, 4) is 0 Å². The average molecular weight is 334 g/mol. The zero-order valence-corrected chi connectivity index (χ0v) is 13.9. The minimum Gasteiger partial charge on any atom is -0.207 e. The van der Waals surface area contributed by atoms with E-state index in [1.165, 1.54) is 37.0 Å². The third-order valence-corrected chi connectivity index (χ3v) is 8.35. The predicted molar refractivity (Wildman–Crippen MR) is 82.8 cm³/mol. The number of rotatable bonds is 3. The predicted octanol–water partition coefficient (Wildman–Crippen LogP) is 3.83. The van der Waals surface area contributed by atoms with Crippen LogP contribution in [0.25, 0.3) is 0 Å². The summed E-state index contributed by atoms with van der Waals surface area (Å²) in [6, 6.07) is 1.69. The summed E-state index contributed by atoms with van der Waals surface area (Å²) < 4.78 is 27.1. The Labute approximate surface area is 130 Å². The van der Waals surface area contributed by atoms with Gasteiger partial charge in [-0.3, -0.25) is 0 Å². The highest BCUT2D eigenvalue weighted by Gasteiger charge is 2.40. The van der Waals surface area contributed by atoms with Crippen molar-refractivity contribution in [2.24, 2.45) is 5.41 Å². The highest BCUT2D eigenvalue weighted by atomic mass is 35.5. The second kappa shape index (κ2) is 5.59. The van der Waals surface area contributed by atoms with Crippen molar-refractivity contribution < 1.29 is 8.42 Å². The van der Waals surface area contributed by atoms with E-state index in [0.717, 1.165) is 17.7 Å². The van der Waals surface area contributed by atoms with E-state index in [4.69, 9.17) is 11.6 Å². The maximum Gasteiger partial charge on any atom is 0.244 e. The first-order valence-corrected chi connectivity index (χ1v) is 10.1. The summed E-state index contributed by atoms with van der Waals surface area (Å²) in [4.78, 5) is 1.17. The van der Waals surface area contributed by atoms with Gasteiger partial charge in [-0.1, -0.05) is 12.8 Å². The molecule has 2 aliphatic rings. The van der Waals surface area contributed by atoms with Gasteiger partial charge in [0.15, 0.2) is 0 Å². The van der Waals surface area contributed by atoms with Crippen LogP contribution in [-0.4, -0.2) is 25.8 Å². The van der Waals surface area contributed by atoms with E-state index < -0.39 is 10.0 Å². The lowest BCUT2D eigenvalue weighted by atomic mass is 9.78.